The minimum atomic E-state index is -3.50. The SMILES string of the molecule is Cc1ccccc1CNc1ccc(NS(=O)(=O)N(C)C)cn1. The molecule has 2 rings (SSSR count). The van der Waals surface area contributed by atoms with Crippen molar-refractivity contribution < 1.29 is 8.42 Å². The molecule has 0 spiro atoms. The zero-order valence-corrected chi connectivity index (χ0v) is 13.7. The number of aryl methyl sites for hydroxylation is 1. The van der Waals surface area contributed by atoms with Crippen LogP contribution in [0.2, 0.25) is 0 Å². The average molecular weight is 320 g/mol. The summed E-state index contributed by atoms with van der Waals surface area (Å²) in [7, 11) is -0.570. The van der Waals surface area contributed by atoms with Gasteiger partial charge in [-0.1, -0.05) is 24.3 Å². The Balaban J connectivity index is 1.99. The molecule has 0 aliphatic carbocycles. The molecule has 0 aliphatic rings. The van der Waals surface area contributed by atoms with Crippen molar-refractivity contribution in [1.29, 1.82) is 0 Å². The van der Waals surface area contributed by atoms with Gasteiger partial charge < -0.3 is 5.32 Å². The molecule has 2 aromatic rings. The summed E-state index contributed by atoms with van der Waals surface area (Å²) in [6.45, 7) is 2.73. The summed E-state index contributed by atoms with van der Waals surface area (Å²) in [5.41, 5.74) is 2.84. The first-order chi connectivity index (χ1) is 10.4. The molecular formula is C15H20N4O2S. The standard InChI is InChI=1S/C15H20N4O2S/c1-12-6-4-5-7-13(12)10-16-15-9-8-14(11-17-15)18-22(20,21)19(2)3/h4-9,11,18H,10H2,1-3H3,(H,16,17). The van der Waals surface area contributed by atoms with Crippen LogP contribution in [0.1, 0.15) is 11.1 Å². The second-order valence-corrected chi connectivity index (χ2v) is 6.99. The number of nitrogens with zero attached hydrogens (tertiary/aromatic N) is 2. The van der Waals surface area contributed by atoms with E-state index in [4.69, 9.17) is 0 Å². The topological polar surface area (TPSA) is 74.3 Å². The van der Waals surface area contributed by atoms with E-state index in [1.165, 1.54) is 31.4 Å². The lowest BCUT2D eigenvalue weighted by Crippen LogP contribution is -2.28. The van der Waals surface area contributed by atoms with Crippen LogP contribution < -0.4 is 10.0 Å². The second kappa shape index (κ2) is 6.76. The maximum Gasteiger partial charge on any atom is 0.301 e. The van der Waals surface area contributed by atoms with Gasteiger partial charge in [-0.15, -0.1) is 0 Å². The van der Waals surface area contributed by atoms with Crippen LogP contribution in [-0.2, 0) is 16.8 Å². The van der Waals surface area contributed by atoms with Crippen LogP contribution in [0.25, 0.3) is 0 Å². The van der Waals surface area contributed by atoms with Crippen molar-refractivity contribution in [3.05, 3.63) is 53.7 Å². The van der Waals surface area contributed by atoms with Gasteiger partial charge in [0.05, 0.1) is 11.9 Å². The molecule has 118 valence electrons. The summed E-state index contributed by atoms with van der Waals surface area (Å²) >= 11 is 0. The Kier molecular flexibility index (Phi) is 4.99. The normalized spacial score (nSPS) is 11.5. The third kappa shape index (κ3) is 4.19. The van der Waals surface area contributed by atoms with Crippen molar-refractivity contribution in [3.63, 3.8) is 0 Å². The van der Waals surface area contributed by atoms with Gasteiger partial charge in [-0.25, -0.2) is 4.98 Å². The summed E-state index contributed by atoms with van der Waals surface area (Å²) < 4.78 is 27.0. The number of benzene rings is 1. The highest BCUT2D eigenvalue weighted by atomic mass is 32.2. The lowest BCUT2D eigenvalue weighted by Gasteiger charge is -2.13. The Hall–Kier alpha value is -2.12. The molecule has 0 radical (unpaired) electrons. The average Bonchev–Trinajstić information content (AvgIpc) is 2.47. The lowest BCUT2D eigenvalue weighted by atomic mass is 10.1. The van der Waals surface area contributed by atoms with E-state index in [9.17, 15) is 8.42 Å². The Morgan fingerprint density at radius 3 is 2.45 bits per heavy atom. The van der Waals surface area contributed by atoms with Gasteiger partial charge in [0.15, 0.2) is 0 Å². The van der Waals surface area contributed by atoms with E-state index >= 15 is 0 Å². The summed E-state index contributed by atoms with van der Waals surface area (Å²) in [5.74, 6) is 0.691. The minimum Gasteiger partial charge on any atom is -0.366 e. The van der Waals surface area contributed by atoms with Crippen molar-refractivity contribution in [1.82, 2.24) is 9.29 Å². The number of pyridine rings is 1. The molecule has 0 amide bonds. The van der Waals surface area contributed by atoms with Crippen LogP contribution in [0, 0.1) is 6.92 Å². The summed E-state index contributed by atoms with van der Waals surface area (Å²) in [5, 5.41) is 3.22. The van der Waals surface area contributed by atoms with Crippen LogP contribution in [0.3, 0.4) is 0 Å². The largest absolute Gasteiger partial charge is 0.366 e. The molecule has 1 heterocycles. The van der Waals surface area contributed by atoms with Gasteiger partial charge in [-0.2, -0.15) is 12.7 Å². The fourth-order valence-corrected chi connectivity index (χ4v) is 2.39. The second-order valence-electron chi connectivity index (χ2n) is 5.10. The van der Waals surface area contributed by atoms with Gasteiger partial charge in [0, 0.05) is 20.6 Å². The summed E-state index contributed by atoms with van der Waals surface area (Å²) in [6, 6.07) is 11.5. The van der Waals surface area contributed by atoms with Gasteiger partial charge >= 0.3 is 10.2 Å². The Morgan fingerprint density at radius 2 is 1.86 bits per heavy atom. The van der Waals surface area contributed by atoms with Gasteiger partial charge in [0.25, 0.3) is 0 Å². The maximum absolute atomic E-state index is 11.7. The minimum absolute atomic E-state index is 0.426. The number of rotatable bonds is 6. The molecule has 0 atom stereocenters. The predicted molar refractivity (Wildman–Crippen MR) is 89.0 cm³/mol. The third-order valence-electron chi connectivity index (χ3n) is 3.21. The lowest BCUT2D eigenvalue weighted by molar-refractivity contribution is 0.527. The van der Waals surface area contributed by atoms with E-state index in [1.807, 2.05) is 12.1 Å². The van der Waals surface area contributed by atoms with Gasteiger partial charge in [-0.05, 0) is 30.2 Å². The Labute approximate surface area is 131 Å². The molecule has 22 heavy (non-hydrogen) atoms. The summed E-state index contributed by atoms with van der Waals surface area (Å²) in [6.07, 6.45) is 1.49. The van der Waals surface area contributed by atoms with Crippen LogP contribution >= 0.6 is 0 Å². The molecule has 6 nitrogen and oxygen atoms in total. The molecule has 1 aromatic heterocycles. The molecule has 7 heteroatoms. The zero-order valence-electron chi connectivity index (χ0n) is 12.9. The van der Waals surface area contributed by atoms with E-state index in [0.29, 0.717) is 18.1 Å². The smallest absolute Gasteiger partial charge is 0.301 e. The highest BCUT2D eigenvalue weighted by molar-refractivity contribution is 7.90. The Bertz CT molecular complexity index is 727. The molecule has 0 fully saturated rings. The molecule has 0 saturated carbocycles. The molecule has 0 aliphatic heterocycles. The van der Waals surface area contributed by atoms with E-state index in [-0.39, 0.29) is 0 Å². The van der Waals surface area contributed by atoms with Crippen molar-refractivity contribution in [2.24, 2.45) is 0 Å². The highest BCUT2D eigenvalue weighted by Gasteiger charge is 2.12. The molecule has 2 N–H and O–H groups in total. The molecular weight excluding hydrogens is 300 g/mol. The molecule has 0 saturated heterocycles. The van der Waals surface area contributed by atoms with Crippen LogP contribution in [-0.4, -0.2) is 31.8 Å². The van der Waals surface area contributed by atoms with E-state index in [0.717, 1.165) is 4.31 Å². The van der Waals surface area contributed by atoms with Crippen LogP contribution in [0.15, 0.2) is 42.6 Å². The predicted octanol–water partition coefficient (Wildman–Crippen LogP) is 2.22. The number of aromatic nitrogens is 1. The van der Waals surface area contributed by atoms with Crippen LogP contribution in [0.5, 0.6) is 0 Å². The quantitative estimate of drug-likeness (QED) is 0.856. The monoisotopic (exact) mass is 320 g/mol. The van der Waals surface area contributed by atoms with Crippen molar-refractivity contribution in [2.45, 2.75) is 13.5 Å². The first-order valence-corrected chi connectivity index (χ1v) is 8.27. The van der Waals surface area contributed by atoms with E-state index in [2.05, 4.69) is 34.1 Å². The zero-order chi connectivity index (χ0) is 16.2. The Morgan fingerprint density at radius 1 is 1.14 bits per heavy atom. The third-order valence-corrected chi connectivity index (χ3v) is 4.67. The van der Waals surface area contributed by atoms with Gasteiger partial charge in [0.2, 0.25) is 0 Å². The molecule has 0 bridgehead atoms. The summed E-state index contributed by atoms with van der Waals surface area (Å²) in [4.78, 5) is 4.21. The van der Waals surface area contributed by atoms with Crippen molar-refractivity contribution in [3.8, 4) is 0 Å². The molecule has 0 unspecified atom stereocenters. The van der Waals surface area contributed by atoms with Crippen molar-refractivity contribution >= 4 is 21.7 Å². The maximum atomic E-state index is 11.7. The van der Waals surface area contributed by atoms with E-state index < -0.39 is 10.2 Å². The highest BCUT2D eigenvalue weighted by Crippen LogP contribution is 2.14. The molecule has 1 aromatic carbocycles. The first kappa shape index (κ1) is 16.3. The number of anilines is 2. The number of hydrogen-bond acceptors (Lipinski definition) is 4. The fraction of sp³-hybridized carbons (Fsp3) is 0.267. The fourth-order valence-electron chi connectivity index (χ4n) is 1.79. The first-order valence-electron chi connectivity index (χ1n) is 6.83. The van der Waals surface area contributed by atoms with E-state index in [1.54, 1.807) is 12.1 Å². The number of nitrogens with one attached hydrogen (secondary N) is 2. The van der Waals surface area contributed by atoms with Crippen LogP contribution in [0.4, 0.5) is 11.5 Å². The van der Waals surface area contributed by atoms with Crippen molar-refractivity contribution in [2.75, 3.05) is 24.1 Å². The van der Waals surface area contributed by atoms with Gasteiger partial charge in [-0.3, -0.25) is 4.72 Å². The van der Waals surface area contributed by atoms with Gasteiger partial charge in [0.1, 0.15) is 5.82 Å². The number of hydrogen-bond donors (Lipinski definition) is 2.